The molecule has 1 saturated heterocycles. The highest BCUT2D eigenvalue weighted by molar-refractivity contribution is 5.70. The molecule has 0 bridgehead atoms. The van der Waals surface area contributed by atoms with Crippen LogP contribution in [0.5, 0.6) is 0 Å². The molecule has 2 aliphatic rings. The molecule has 0 radical (unpaired) electrons. The normalized spacial score (nSPS) is 29.5. The molecule has 17 heavy (non-hydrogen) atoms. The second-order valence-electron chi connectivity index (χ2n) is 5.43. The topological polar surface area (TPSA) is 55.8 Å². The molecule has 1 saturated carbocycles. The smallest absolute Gasteiger partial charge is 0.306 e. The van der Waals surface area contributed by atoms with Gasteiger partial charge in [0.05, 0.1) is 19.1 Å². The Morgan fingerprint density at radius 3 is 2.18 bits per heavy atom. The van der Waals surface area contributed by atoms with Crippen molar-refractivity contribution >= 4 is 5.97 Å². The minimum absolute atomic E-state index is 0.0482. The van der Waals surface area contributed by atoms with Gasteiger partial charge in [-0.25, -0.2) is 0 Å². The predicted octanol–water partition coefficient (Wildman–Crippen LogP) is 2.67. The molecule has 1 N–H and O–H groups in total. The van der Waals surface area contributed by atoms with Gasteiger partial charge in [-0.3, -0.25) is 4.79 Å². The van der Waals surface area contributed by atoms with Crippen molar-refractivity contribution in [3.8, 4) is 0 Å². The molecular weight excluding hydrogens is 220 g/mol. The Bertz CT molecular complexity index is 263. The lowest BCUT2D eigenvalue weighted by Crippen LogP contribution is -2.46. The molecule has 1 aliphatic heterocycles. The molecule has 1 spiro atoms. The molecule has 4 heteroatoms. The molecule has 4 nitrogen and oxygen atoms in total. The lowest BCUT2D eigenvalue weighted by atomic mass is 9.94. The van der Waals surface area contributed by atoms with E-state index in [1.54, 1.807) is 0 Å². The number of rotatable bonds is 1. The van der Waals surface area contributed by atoms with Gasteiger partial charge < -0.3 is 14.6 Å². The van der Waals surface area contributed by atoms with Crippen LogP contribution in [0.3, 0.4) is 0 Å². The third kappa shape index (κ3) is 3.42. The molecule has 0 aromatic rings. The highest BCUT2D eigenvalue weighted by atomic mass is 16.7. The van der Waals surface area contributed by atoms with Gasteiger partial charge in [0.15, 0.2) is 5.79 Å². The Hall–Kier alpha value is -0.610. The number of hydrogen-bond donors (Lipinski definition) is 1. The molecule has 1 aliphatic carbocycles. The van der Waals surface area contributed by atoms with E-state index in [0.717, 1.165) is 0 Å². The highest BCUT2D eigenvalue weighted by Gasteiger charge is 2.47. The van der Waals surface area contributed by atoms with Crippen LogP contribution in [0.1, 0.15) is 47.0 Å². The first-order valence-corrected chi connectivity index (χ1v) is 6.43. The average Bonchev–Trinajstić information content (AvgIpc) is 2.71. The second kappa shape index (κ2) is 5.36. The van der Waals surface area contributed by atoms with Crippen molar-refractivity contribution in [3.63, 3.8) is 0 Å². The van der Waals surface area contributed by atoms with Gasteiger partial charge in [0.1, 0.15) is 0 Å². The summed E-state index contributed by atoms with van der Waals surface area (Å²) in [6.45, 7) is 9.48. The zero-order valence-corrected chi connectivity index (χ0v) is 11.3. The van der Waals surface area contributed by atoms with E-state index in [2.05, 4.69) is 13.8 Å². The Balaban J connectivity index is 0.000000686. The average molecular weight is 244 g/mol. The van der Waals surface area contributed by atoms with Crippen molar-refractivity contribution in [2.75, 3.05) is 13.2 Å². The molecule has 100 valence electrons. The summed E-state index contributed by atoms with van der Waals surface area (Å²) in [6.07, 6.45) is 1.87. The van der Waals surface area contributed by atoms with Crippen LogP contribution in [-0.2, 0) is 14.3 Å². The lowest BCUT2D eigenvalue weighted by molar-refractivity contribution is -0.295. The van der Waals surface area contributed by atoms with Crippen molar-refractivity contribution < 1.29 is 19.4 Å². The van der Waals surface area contributed by atoms with Crippen molar-refractivity contribution in [1.29, 1.82) is 0 Å². The maximum atomic E-state index is 10.8. The summed E-state index contributed by atoms with van der Waals surface area (Å²) in [5.41, 5.74) is 0.0482. The zero-order valence-electron chi connectivity index (χ0n) is 11.3. The van der Waals surface area contributed by atoms with Gasteiger partial charge in [-0.2, -0.15) is 0 Å². The summed E-state index contributed by atoms with van der Waals surface area (Å²) in [7, 11) is 0. The van der Waals surface area contributed by atoms with Crippen molar-refractivity contribution in [1.82, 2.24) is 0 Å². The Morgan fingerprint density at radius 1 is 1.24 bits per heavy atom. The first kappa shape index (κ1) is 14.5. The molecule has 2 fully saturated rings. The monoisotopic (exact) mass is 244 g/mol. The van der Waals surface area contributed by atoms with E-state index in [9.17, 15) is 4.79 Å². The predicted molar refractivity (Wildman–Crippen MR) is 64.7 cm³/mol. The SMILES string of the molecule is CC.CC1(C)COC2(CCC(C(=O)O)C2)OC1. The second-order valence-corrected chi connectivity index (χ2v) is 5.43. The molecule has 0 amide bonds. The van der Waals surface area contributed by atoms with Gasteiger partial charge in [-0.05, 0) is 6.42 Å². The third-order valence-electron chi connectivity index (χ3n) is 3.23. The first-order valence-electron chi connectivity index (χ1n) is 6.43. The number of carboxylic acid groups (broad SMARTS) is 1. The summed E-state index contributed by atoms with van der Waals surface area (Å²) in [6, 6.07) is 0. The quantitative estimate of drug-likeness (QED) is 0.770. The van der Waals surface area contributed by atoms with Gasteiger partial charge in [0.25, 0.3) is 0 Å². The van der Waals surface area contributed by atoms with Gasteiger partial charge in [0, 0.05) is 18.3 Å². The molecule has 1 atom stereocenters. The number of hydrogen-bond acceptors (Lipinski definition) is 3. The number of carbonyl (C=O) groups is 1. The highest BCUT2D eigenvalue weighted by Crippen LogP contribution is 2.43. The summed E-state index contributed by atoms with van der Waals surface area (Å²) in [4.78, 5) is 10.8. The summed E-state index contributed by atoms with van der Waals surface area (Å²) >= 11 is 0. The number of aliphatic carboxylic acids is 1. The fourth-order valence-corrected chi connectivity index (χ4v) is 2.18. The molecule has 0 aromatic heterocycles. The fourth-order valence-electron chi connectivity index (χ4n) is 2.18. The van der Waals surface area contributed by atoms with E-state index in [1.807, 2.05) is 13.8 Å². The van der Waals surface area contributed by atoms with Gasteiger partial charge in [-0.1, -0.05) is 27.7 Å². The van der Waals surface area contributed by atoms with Crippen LogP contribution >= 0.6 is 0 Å². The zero-order chi connectivity index (χ0) is 13.1. The van der Waals surface area contributed by atoms with Crippen LogP contribution in [0.2, 0.25) is 0 Å². The van der Waals surface area contributed by atoms with Crippen LogP contribution in [0.15, 0.2) is 0 Å². The van der Waals surface area contributed by atoms with Crippen molar-refractivity contribution in [2.45, 2.75) is 52.7 Å². The summed E-state index contributed by atoms with van der Waals surface area (Å²) in [5.74, 6) is -1.63. The lowest BCUT2D eigenvalue weighted by Gasteiger charge is -2.41. The minimum Gasteiger partial charge on any atom is -0.481 e. The maximum Gasteiger partial charge on any atom is 0.306 e. The van der Waals surface area contributed by atoms with Crippen molar-refractivity contribution in [3.05, 3.63) is 0 Å². The van der Waals surface area contributed by atoms with E-state index >= 15 is 0 Å². The molecular formula is C13H24O4. The van der Waals surface area contributed by atoms with Crippen LogP contribution < -0.4 is 0 Å². The van der Waals surface area contributed by atoms with Crippen LogP contribution in [0.4, 0.5) is 0 Å². The van der Waals surface area contributed by atoms with E-state index in [0.29, 0.717) is 32.5 Å². The molecule has 1 unspecified atom stereocenters. The van der Waals surface area contributed by atoms with E-state index < -0.39 is 11.8 Å². The maximum absolute atomic E-state index is 10.8. The fraction of sp³-hybridized carbons (Fsp3) is 0.923. The summed E-state index contributed by atoms with van der Waals surface area (Å²) in [5, 5.41) is 8.92. The minimum atomic E-state index is -0.732. The van der Waals surface area contributed by atoms with E-state index in [4.69, 9.17) is 14.6 Å². The largest absolute Gasteiger partial charge is 0.481 e. The van der Waals surface area contributed by atoms with E-state index in [-0.39, 0.29) is 11.3 Å². The van der Waals surface area contributed by atoms with Crippen LogP contribution in [0, 0.1) is 11.3 Å². The number of ether oxygens (including phenoxy) is 2. The standard InChI is InChI=1S/C11H18O4.C2H6/c1-10(2)6-14-11(15-7-10)4-3-8(5-11)9(12)13;1-2/h8H,3-7H2,1-2H3,(H,12,13);1-2H3. The van der Waals surface area contributed by atoms with Crippen LogP contribution in [-0.4, -0.2) is 30.1 Å². The first-order chi connectivity index (χ1) is 7.93. The molecule has 1 heterocycles. The third-order valence-corrected chi connectivity index (χ3v) is 3.23. The van der Waals surface area contributed by atoms with Gasteiger partial charge in [0.2, 0.25) is 0 Å². The Labute approximate surface area is 103 Å². The molecule has 2 rings (SSSR count). The van der Waals surface area contributed by atoms with Crippen molar-refractivity contribution in [2.24, 2.45) is 11.3 Å². The van der Waals surface area contributed by atoms with E-state index in [1.165, 1.54) is 0 Å². The van der Waals surface area contributed by atoms with Gasteiger partial charge >= 0.3 is 5.97 Å². The number of carboxylic acids is 1. The Morgan fingerprint density at radius 2 is 1.76 bits per heavy atom. The Kier molecular flexibility index (Phi) is 4.55. The molecule has 0 aromatic carbocycles. The summed E-state index contributed by atoms with van der Waals surface area (Å²) < 4.78 is 11.5. The van der Waals surface area contributed by atoms with Crippen LogP contribution in [0.25, 0.3) is 0 Å². The van der Waals surface area contributed by atoms with Gasteiger partial charge in [-0.15, -0.1) is 0 Å².